The van der Waals surface area contributed by atoms with Gasteiger partial charge in [0.1, 0.15) is 0 Å². The first kappa shape index (κ1) is 14.4. The fraction of sp³-hybridized carbons (Fsp3) is 0.800. The summed E-state index contributed by atoms with van der Waals surface area (Å²) in [5, 5.41) is 6.56. The monoisotopic (exact) mass is 290 g/mol. The molecule has 0 bridgehead atoms. The minimum Gasteiger partial charge on any atom is -0.354 e. The van der Waals surface area contributed by atoms with Crippen molar-refractivity contribution in [1.29, 1.82) is 0 Å². The van der Waals surface area contributed by atoms with Crippen LogP contribution in [-0.4, -0.2) is 41.1 Å². The molecule has 1 aromatic rings. The Bertz CT molecular complexity index is 453. The molecule has 2 aliphatic rings. The van der Waals surface area contributed by atoms with E-state index in [9.17, 15) is 0 Å². The summed E-state index contributed by atoms with van der Waals surface area (Å²) in [7, 11) is 0. The Balaban J connectivity index is 1.61. The fourth-order valence-electron chi connectivity index (χ4n) is 2.74. The van der Waals surface area contributed by atoms with Crippen LogP contribution in [0.4, 0.5) is 17.8 Å². The Morgan fingerprint density at radius 2 is 1.76 bits per heavy atom. The molecule has 1 saturated heterocycles. The van der Waals surface area contributed by atoms with Gasteiger partial charge >= 0.3 is 0 Å². The van der Waals surface area contributed by atoms with Gasteiger partial charge in [-0.25, -0.2) is 0 Å². The van der Waals surface area contributed by atoms with Gasteiger partial charge in [-0.05, 0) is 38.5 Å². The highest BCUT2D eigenvalue weighted by molar-refractivity contribution is 5.44. The first-order valence-electron chi connectivity index (χ1n) is 8.34. The van der Waals surface area contributed by atoms with Crippen molar-refractivity contribution in [2.24, 2.45) is 5.92 Å². The van der Waals surface area contributed by atoms with Crippen LogP contribution in [0.5, 0.6) is 0 Å². The molecular weight excluding hydrogens is 264 g/mol. The first-order valence-corrected chi connectivity index (χ1v) is 8.34. The smallest absolute Gasteiger partial charge is 0.231 e. The molecule has 2 fully saturated rings. The third-order valence-electron chi connectivity index (χ3n) is 4.12. The van der Waals surface area contributed by atoms with E-state index in [0.717, 1.165) is 38.0 Å². The number of anilines is 3. The first-order chi connectivity index (χ1) is 10.3. The van der Waals surface area contributed by atoms with E-state index in [0.29, 0.717) is 11.9 Å². The van der Waals surface area contributed by atoms with Gasteiger partial charge in [0.25, 0.3) is 0 Å². The zero-order valence-corrected chi connectivity index (χ0v) is 12.9. The minimum atomic E-state index is 0.680. The molecule has 6 heteroatoms. The Hall–Kier alpha value is -1.59. The lowest BCUT2D eigenvalue weighted by atomic mass is 10.2. The maximum atomic E-state index is 4.58. The van der Waals surface area contributed by atoms with Crippen LogP contribution < -0.4 is 15.5 Å². The molecule has 1 aromatic heterocycles. The zero-order chi connectivity index (χ0) is 14.5. The number of nitrogens with zero attached hydrogens (tertiary/aromatic N) is 4. The second-order valence-corrected chi connectivity index (χ2v) is 6.02. The number of hydrogen-bond acceptors (Lipinski definition) is 6. The summed E-state index contributed by atoms with van der Waals surface area (Å²) in [5.74, 6) is 3.18. The summed E-state index contributed by atoms with van der Waals surface area (Å²) in [6, 6.07) is 0. The van der Waals surface area contributed by atoms with Crippen molar-refractivity contribution in [2.45, 2.75) is 45.4 Å². The summed E-state index contributed by atoms with van der Waals surface area (Å²) in [5.41, 5.74) is 0. The van der Waals surface area contributed by atoms with Gasteiger partial charge < -0.3 is 15.5 Å². The van der Waals surface area contributed by atoms with Gasteiger partial charge in [-0.2, -0.15) is 15.0 Å². The Morgan fingerprint density at radius 3 is 2.43 bits per heavy atom. The summed E-state index contributed by atoms with van der Waals surface area (Å²) in [6.45, 7) is 5.94. The van der Waals surface area contributed by atoms with E-state index in [4.69, 9.17) is 0 Å². The molecule has 0 unspecified atom stereocenters. The largest absolute Gasteiger partial charge is 0.354 e. The van der Waals surface area contributed by atoms with E-state index in [1.807, 2.05) is 0 Å². The van der Waals surface area contributed by atoms with Gasteiger partial charge in [0.05, 0.1) is 0 Å². The quantitative estimate of drug-likeness (QED) is 0.717. The van der Waals surface area contributed by atoms with E-state index in [-0.39, 0.29) is 0 Å². The Labute approximate surface area is 126 Å². The highest BCUT2D eigenvalue weighted by atomic mass is 15.3. The van der Waals surface area contributed by atoms with Gasteiger partial charge in [-0.15, -0.1) is 0 Å². The Morgan fingerprint density at radius 1 is 1.05 bits per heavy atom. The molecule has 0 aromatic carbocycles. The normalized spacial score (nSPS) is 18.0. The Kier molecular flexibility index (Phi) is 4.72. The topological polar surface area (TPSA) is 66.0 Å². The maximum Gasteiger partial charge on any atom is 0.231 e. The molecule has 0 atom stereocenters. The molecule has 1 aliphatic heterocycles. The van der Waals surface area contributed by atoms with Crippen molar-refractivity contribution in [2.75, 3.05) is 41.7 Å². The van der Waals surface area contributed by atoms with Crippen LogP contribution >= 0.6 is 0 Å². The summed E-state index contributed by atoms with van der Waals surface area (Å²) in [4.78, 5) is 15.8. The number of rotatable bonds is 8. The van der Waals surface area contributed by atoms with E-state index < -0.39 is 0 Å². The molecule has 116 valence electrons. The van der Waals surface area contributed by atoms with Crippen molar-refractivity contribution < 1.29 is 0 Å². The predicted molar refractivity (Wildman–Crippen MR) is 85.9 cm³/mol. The highest BCUT2D eigenvalue weighted by Gasteiger charge is 2.20. The van der Waals surface area contributed by atoms with Gasteiger partial charge in [0.2, 0.25) is 17.8 Å². The molecular formula is C15H26N6. The summed E-state index contributed by atoms with van der Waals surface area (Å²) >= 11 is 0. The third-order valence-corrected chi connectivity index (χ3v) is 4.12. The second kappa shape index (κ2) is 6.91. The molecule has 0 amide bonds. The molecule has 2 heterocycles. The lowest BCUT2D eigenvalue weighted by molar-refractivity contribution is 0.685. The SMILES string of the molecule is CCNc1nc(NCCCC2CC2)nc(N2CCCC2)n1. The predicted octanol–water partition coefficient (Wildman–Crippen LogP) is 2.51. The lowest BCUT2D eigenvalue weighted by Crippen LogP contribution is -2.22. The van der Waals surface area contributed by atoms with Crippen LogP contribution in [0.25, 0.3) is 0 Å². The van der Waals surface area contributed by atoms with E-state index in [2.05, 4.69) is 37.4 Å². The summed E-state index contributed by atoms with van der Waals surface area (Å²) in [6.07, 6.45) is 7.84. The molecule has 6 nitrogen and oxygen atoms in total. The van der Waals surface area contributed by atoms with Crippen LogP contribution in [0.2, 0.25) is 0 Å². The molecule has 21 heavy (non-hydrogen) atoms. The van der Waals surface area contributed by atoms with Gasteiger partial charge in [-0.3, -0.25) is 0 Å². The molecule has 1 saturated carbocycles. The summed E-state index contributed by atoms with van der Waals surface area (Å²) < 4.78 is 0. The van der Waals surface area contributed by atoms with Crippen LogP contribution in [-0.2, 0) is 0 Å². The minimum absolute atomic E-state index is 0.680. The number of nitrogens with one attached hydrogen (secondary N) is 2. The third kappa shape index (κ3) is 4.19. The molecule has 0 spiro atoms. The zero-order valence-electron chi connectivity index (χ0n) is 12.9. The molecule has 0 radical (unpaired) electrons. The van der Waals surface area contributed by atoms with E-state index >= 15 is 0 Å². The van der Waals surface area contributed by atoms with E-state index in [1.165, 1.54) is 38.5 Å². The van der Waals surface area contributed by atoms with Gasteiger partial charge in [0, 0.05) is 26.2 Å². The van der Waals surface area contributed by atoms with Crippen LogP contribution in [0, 0.1) is 5.92 Å². The highest BCUT2D eigenvalue weighted by Crippen LogP contribution is 2.33. The van der Waals surface area contributed by atoms with Crippen LogP contribution in [0.15, 0.2) is 0 Å². The van der Waals surface area contributed by atoms with Crippen molar-refractivity contribution in [3.05, 3.63) is 0 Å². The number of aromatic nitrogens is 3. The van der Waals surface area contributed by atoms with Crippen molar-refractivity contribution in [3.63, 3.8) is 0 Å². The molecule has 3 rings (SSSR count). The molecule has 2 N–H and O–H groups in total. The molecule has 1 aliphatic carbocycles. The average Bonchev–Trinajstić information content (AvgIpc) is 3.14. The van der Waals surface area contributed by atoms with E-state index in [1.54, 1.807) is 0 Å². The maximum absolute atomic E-state index is 4.58. The van der Waals surface area contributed by atoms with Crippen molar-refractivity contribution in [1.82, 2.24) is 15.0 Å². The van der Waals surface area contributed by atoms with Gasteiger partial charge in [-0.1, -0.05) is 12.8 Å². The van der Waals surface area contributed by atoms with Gasteiger partial charge in [0.15, 0.2) is 0 Å². The standard InChI is InChI=1S/C15H26N6/c1-2-16-13-18-14(17-9-5-6-12-7-8-12)20-15(19-13)21-10-3-4-11-21/h12H,2-11H2,1H3,(H2,16,17,18,19,20). The van der Waals surface area contributed by atoms with Crippen molar-refractivity contribution >= 4 is 17.8 Å². The lowest BCUT2D eigenvalue weighted by Gasteiger charge is -2.17. The number of hydrogen-bond donors (Lipinski definition) is 2. The van der Waals surface area contributed by atoms with Crippen molar-refractivity contribution in [3.8, 4) is 0 Å². The second-order valence-electron chi connectivity index (χ2n) is 6.02. The van der Waals surface area contributed by atoms with Crippen LogP contribution in [0.1, 0.15) is 45.4 Å². The fourth-order valence-corrected chi connectivity index (χ4v) is 2.74. The average molecular weight is 290 g/mol. The van der Waals surface area contributed by atoms with Crippen LogP contribution in [0.3, 0.4) is 0 Å².